The summed E-state index contributed by atoms with van der Waals surface area (Å²) in [6, 6.07) is 7.53. The second kappa shape index (κ2) is 5.09. The molecular formula is C14H18N2O3S. The topological polar surface area (TPSA) is 75.3 Å². The molecule has 0 radical (unpaired) electrons. The molecule has 3 rings (SSSR count). The van der Waals surface area contributed by atoms with E-state index in [-0.39, 0.29) is 24.2 Å². The van der Waals surface area contributed by atoms with Gasteiger partial charge in [0.05, 0.1) is 11.0 Å². The number of carbonyl (C=O) groups excluding carboxylic acids is 1. The van der Waals surface area contributed by atoms with E-state index in [1.54, 1.807) is 0 Å². The van der Waals surface area contributed by atoms with Crippen LogP contribution in [0, 0.1) is 0 Å². The first-order chi connectivity index (χ1) is 9.56. The van der Waals surface area contributed by atoms with Crippen molar-refractivity contribution in [2.45, 2.75) is 30.6 Å². The van der Waals surface area contributed by atoms with Crippen molar-refractivity contribution < 1.29 is 13.2 Å². The fourth-order valence-corrected chi connectivity index (χ4v) is 4.65. The molecule has 1 fully saturated rings. The van der Waals surface area contributed by atoms with Gasteiger partial charge in [0.25, 0.3) is 0 Å². The Balaban J connectivity index is 1.57. The Labute approximate surface area is 118 Å². The number of benzene rings is 1. The van der Waals surface area contributed by atoms with Crippen molar-refractivity contribution in [3.05, 3.63) is 29.8 Å². The van der Waals surface area contributed by atoms with Gasteiger partial charge in [-0.3, -0.25) is 4.79 Å². The number of hydrogen-bond acceptors (Lipinski definition) is 4. The van der Waals surface area contributed by atoms with E-state index in [2.05, 4.69) is 10.6 Å². The zero-order valence-electron chi connectivity index (χ0n) is 11.1. The Kier molecular flexibility index (Phi) is 3.41. The highest BCUT2D eigenvalue weighted by atomic mass is 32.2. The molecule has 2 N–H and O–H groups in total. The molecule has 2 aliphatic heterocycles. The van der Waals surface area contributed by atoms with Crippen LogP contribution in [0.25, 0.3) is 0 Å². The Morgan fingerprint density at radius 3 is 2.85 bits per heavy atom. The lowest BCUT2D eigenvalue weighted by Crippen LogP contribution is -2.42. The average Bonchev–Trinajstić information content (AvgIpc) is 2.98. The molecule has 0 bridgehead atoms. The fourth-order valence-electron chi connectivity index (χ4n) is 2.88. The number of rotatable bonds is 3. The number of anilines is 1. The zero-order chi connectivity index (χ0) is 14.2. The van der Waals surface area contributed by atoms with E-state index >= 15 is 0 Å². The molecule has 108 valence electrons. The van der Waals surface area contributed by atoms with Gasteiger partial charge in [-0.1, -0.05) is 18.2 Å². The van der Waals surface area contributed by atoms with Crippen molar-refractivity contribution in [1.82, 2.24) is 5.32 Å². The standard InChI is InChI=1S/C14H18N2O3S/c17-14(15-9-11-5-3-7-20(11,18)19)13-8-10-4-1-2-6-12(10)16-13/h1-2,4,6,11,13,16H,3,5,7-9H2,(H,15,17). The summed E-state index contributed by atoms with van der Waals surface area (Å²) >= 11 is 0. The maximum Gasteiger partial charge on any atom is 0.242 e. The molecular weight excluding hydrogens is 276 g/mol. The number of para-hydroxylation sites is 1. The van der Waals surface area contributed by atoms with E-state index in [4.69, 9.17) is 0 Å². The number of amides is 1. The Bertz CT molecular complexity index is 602. The molecule has 2 aliphatic rings. The summed E-state index contributed by atoms with van der Waals surface area (Å²) in [4.78, 5) is 12.1. The van der Waals surface area contributed by atoms with Crippen LogP contribution in [0.5, 0.6) is 0 Å². The van der Waals surface area contributed by atoms with Crippen LogP contribution in [0.4, 0.5) is 5.69 Å². The van der Waals surface area contributed by atoms with Crippen molar-refractivity contribution in [1.29, 1.82) is 0 Å². The van der Waals surface area contributed by atoms with Gasteiger partial charge in [0.1, 0.15) is 6.04 Å². The highest BCUT2D eigenvalue weighted by molar-refractivity contribution is 7.92. The van der Waals surface area contributed by atoms with Gasteiger partial charge in [0.2, 0.25) is 5.91 Å². The third kappa shape index (κ3) is 2.52. The summed E-state index contributed by atoms with van der Waals surface area (Å²) in [6.45, 7) is 0.232. The van der Waals surface area contributed by atoms with Gasteiger partial charge >= 0.3 is 0 Å². The molecule has 1 saturated heterocycles. The van der Waals surface area contributed by atoms with Crippen LogP contribution < -0.4 is 10.6 Å². The minimum Gasteiger partial charge on any atom is -0.373 e. The molecule has 2 heterocycles. The second-order valence-electron chi connectivity index (χ2n) is 5.43. The van der Waals surface area contributed by atoms with E-state index in [0.717, 1.165) is 11.3 Å². The SMILES string of the molecule is O=C(NCC1CCCS1(=O)=O)C1Cc2ccccc2N1. The summed E-state index contributed by atoms with van der Waals surface area (Å²) in [5.74, 6) is 0.129. The molecule has 1 amide bonds. The smallest absolute Gasteiger partial charge is 0.242 e. The molecule has 1 aromatic carbocycles. The zero-order valence-corrected chi connectivity index (χ0v) is 11.9. The molecule has 5 nitrogen and oxygen atoms in total. The van der Waals surface area contributed by atoms with E-state index in [1.807, 2.05) is 24.3 Å². The normalized spacial score (nSPS) is 26.8. The van der Waals surface area contributed by atoms with E-state index < -0.39 is 15.1 Å². The molecule has 20 heavy (non-hydrogen) atoms. The predicted octanol–water partition coefficient (Wildman–Crippen LogP) is 0.717. The average molecular weight is 294 g/mol. The monoisotopic (exact) mass is 294 g/mol. The Hall–Kier alpha value is -1.56. The first kappa shape index (κ1) is 13.4. The molecule has 0 aliphatic carbocycles. The van der Waals surface area contributed by atoms with Crippen molar-refractivity contribution in [2.75, 3.05) is 17.6 Å². The van der Waals surface area contributed by atoms with Crippen LogP contribution in [0.3, 0.4) is 0 Å². The van der Waals surface area contributed by atoms with Crippen molar-refractivity contribution in [3.63, 3.8) is 0 Å². The molecule has 0 saturated carbocycles. The van der Waals surface area contributed by atoms with E-state index in [9.17, 15) is 13.2 Å². The Morgan fingerprint density at radius 1 is 1.35 bits per heavy atom. The van der Waals surface area contributed by atoms with Crippen molar-refractivity contribution in [2.24, 2.45) is 0 Å². The Morgan fingerprint density at radius 2 is 2.15 bits per heavy atom. The second-order valence-corrected chi connectivity index (χ2v) is 7.84. The van der Waals surface area contributed by atoms with Gasteiger partial charge in [-0.05, 0) is 24.5 Å². The molecule has 6 heteroatoms. The first-order valence-corrected chi connectivity index (χ1v) is 8.61. The van der Waals surface area contributed by atoms with E-state index in [0.29, 0.717) is 19.3 Å². The summed E-state index contributed by atoms with van der Waals surface area (Å²) in [6.07, 6.45) is 2.01. The number of hydrogen-bond donors (Lipinski definition) is 2. The van der Waals surface area contributed by atoms with Crippen molar-refractivity contribution in [3.8, 4) is 0 Å². The minimum absolute atomic E-state index is 0.122. The molecule has 2 unspecified atom stereocenters. The van der Waals surface area contributed by atoms with Crippen LogP contribution in [0.1, 0.15) is 18.4 Å². The quantitative estimate of drug-likeness (QED) is 0.861. The third-order valence-corrected chi connectivity index (χ3v) is 6.33. The lowest BCUT2D eigenvalue weighted by Gasteiger charge is -2.14. The van der Waals surface area contributed by atoms with Crippen LogP contribution >= 0.6 is 0 Å². The molecule has 0 spiro atoms. The van der Waals surface area contributed by atoms with Gasteiger partial charge < -0.3 is 10.6 Å². The maximum atomic E-state index is 12.1. The van der Waals surface area contributed by atoms with Gasteiger partial charge in [-0.2, -0.15) is 0 Å². The fraction of sp³-hybridized carbons (Fsp3) is 0.500. The molecule has 2 atom stereocenters. The lowest BCUT2D eigenvalue weighted by atomic mass is 10.1. The van der Waals surface area contributed by atoms with Crippen LogP contribution in [-0.4, -0.2) is 37.9 Å². The summed E-state index contributed by atoms with van der Waals surface area (Å²) in [7, 11) is -3.00. The van der Waals surface area contributed by atoms with Crippen LogP contribution in [0.15, 0.2) is 24.3 Å². The molecule has 1 aromatic rings. The van der Waals surface area contributed by atoms with Crippen molar-refractivity contribution >= 4 is 21.4 Å². The largest absolute Gasteiger partial charge is 0.373 e. The number of nitrogens with one attached hydrogen (secondary N) is 2. The van der Waals surface area contributed by atoms with Crippen LogP contribution in [-0.2, 0) is 21.1 Å². The van der Waals surface area contributed by atoms with Gasteiger partial charge in [0.15, 0.2) is 9.84 Å². The first-order valence-electron chi connectivity index (χ1n) is 6.90. The number of sulfone groups is 1. The highest BCUT2D eigenvalue weighted by Crippen LogP contribution is 2.25. The van der Waals surface area contributed by atoms with Crippen LogP contribution in [0.2, 0.25) is 0 Å². The van der Waals surface area contributed by atoms with Gasteiger partial charge in [0, 0.05) is 18.7 Å². The number of fused-ring (bicyclic) bond motifs is 1. The minimum atomic E-state index is -3.00. The lowest BCUT2D eigenvalue weighted by molar-refractivity contribution is -0.121. The molecule has 0 aromatic heterocycles. The summed E-state index contributed by atoms with van der Waals surface area (Å²) in [5.41, 5.74) is 2.11. The van der Waals surface area contributed by atoms with Gasteiger partial charge in [-0.25, -0.2) is 8.42 Å². The van der Waals surface area contributed by atoms with E-state index in [1.165, 1.54) is 0 Å². The summed E-state index contributed by atoms with van der Waals surface area (Å²) in [5, 5.41) is 5.54. The number of carbonyl (C=O) groups is 1. The predicted molar refractivity (Wildman–Crippen MR) is 77.4 cm³/mol. The maximum absolute atomic E-state index is 12.1. The highest BCUT2D eigenvalue weighted by Gasteiger charge is 2.33. The summed E-state index contributed by atoms with van der Waals surface area (Å²) < 4.78 is 23.4. The van der Waals surface area contributed by atoms with Gasteiger partial charge in [-0.15, -0.1) is 0 Å². The third-order valence-electron chi connectivity index (χ3n) is 4.05.